The quantitative estimate of drug-likeness (QED) is 0.816. The zero-order valence-corrected chi connectivity index (χ0v) is 11.1. The van der Waals surface area contributed by atoms with Gasteiger partial charge in [0.1, 0.15) is 0 Å². The number of nitriles is 1. The molecule has 5 heteroatoms. The smallest absolute Gasteiger partial charge is 0.291 e. The largest absolute Gasteiger partial charge is 0.401 e. The van der Waals surface area contributed by atoms with Crippen molar-refractivity contribution in [3.63, 3.8) is 0 Å². The van der Waals surface area contributed by atoms with Crippen molar-refractivity contribution in [3.05, 3.63) is 34.9 Å². The Morgan fingerprint density at radius 1 is 1.32 bits per heavy atom. The minimum absolute atomic E-state index is 0.255. The van der Waals surface area contributed by atoms with E-state index >= 15 is 0 Å². The van der Waals surface area contributed by atoms with E-state index in [1.165, 1.54) is 4.90 Å². The Morgan fingerprint density at radius 3 is 2.47 bits per heavy atom. The van der Waals surface area contributed by atoms with Crippen LogP contribution in [0, 0.1) is 18.3 Å². The Balaban J connectivity index is 2.82. The maximum atomic E-state index is 12.5. The Labute approximate surface area is 111 Å². The van der Waals surface area contributed by atoms with Crippen LogP contribution in [0.1, 0.15) is 30.0 Å². The number of nitrogens with zero attached hydrogens (tertiary/aromatic N) is 2. The lowest BCUT2D eigenvalue weighted by molar-refractivity contribution is -0.147. The van der Waals surface area contributed by atoms with E-state index in [1.54, 1.807) is 18.2 Å². The van der Waals surface area contributed by atoms with Crippen molar-refractivity contribution < 1.29 is 13.2 Å². The number of benzene rings is 1. The molecule has 0 aliphatic rings. The molecule has 104 valence electrons. The van der Waals surface area contributed by atoms with Crippen LogP contribution < -0.4 is 0 Å². The highest BCUT2D eigenvalue weighted by molar-refractivity contribution is 5.37. The molecular weight excluding hydrogens is 253 g/mol. The van der Waals surface area contributed by atoms with Crippen LogP contribution in [0.4, 0.5) is 13.2 Å². The topological polar surface area (TPSA) is 27.0 Å². The molecule has 1 rings (SSSR count). The molecule has 0 amide bonds. The predicted octanol–water partition coefficient (Wildman–Crippen LogP) is 3.64. The Kier molecular flexibility index (Phi) is 5.37. The molecule has 0 radical (unpaired) electrons. The van der Waals surface area contributed by atoms with Gasteiger partial charge in [-0.1, -0.05) is 13.0 Å². The second-order valence-corrected chi connectivity index (χ2v) is 4.58. The highest BCUT2D eigenvalue weighted by atomic mass is 19.4. The molecule has 1 aromatic carbocycles. The molecule has 0 saturated heterocycles. The highest BCUT2D eigenvalue weighted by Gasteiger charge is 2.30. The Hall–Kier alpha value is -1.54. The van der Waals surface area contributed by atoms with Crippen LogP contribution >= 0.6 is 0 Å². The molecule has 0 aromatic heterocycles. The van der Waals surface area contributed by atoms with Gasteiger partial charge in [-0.05, 0) is 43.1 Å². The summed E-state index contributed by atoms with van der Waals surface area (Å²) in [4.78, 5) is 1.38. The average Bonchev–Trinajstić information content (AvgIpc) is 2.30. The van der Waals surface area contributed by atoms with E-state index in [4.69, 9.17) is 5.26 Å². The number of hydrogen-bond acceptors (Lipinski definition) is 2. The molecule has 19 heavy (non-hydrogen) atoms. The van der Waals surface area contributed by atoms with E-state index in [-0.39, 0.29) is 6.54 Å². The van der Waals surface area contributed by atoms with E-state index < -0.39 is 12.7 Å². The van der Waals surface area contributed by atoms with Gasteiger partial charge in [-0.2, -0.15) is 18.4 Å². The van der Waals surface area contributed by atoms with E-state index in [1.807, 2.05) is 19.9 Å². The van der Waals surface area contributed by atoms with Crippen molar-refractivity contribution in [2.75, 3.05) is 13.1 Å². The Bertz CT molecular complexity index is 461. The third-order valence-electron chi connectivity index (χ3n) is 2.81. The molecule has 0 fully saturated rings. The summed E-state index contributed by atoms with van der Waals surface area (Å²) in [5.74, 6) is 0. The summed E-state index contributed by atoms with van der Waals surface area (Å²) in [5.41, 5.74) is 2.21. The molecule has 0 aliphatic carbocycles. The van der Waals surface area contributed by atoms with Crippen molar-refractivity contribution in [1.29, 1.82) is 5.26 Å². The Morgan fingerprint density at radius 2 is 2.00 bits per heavy atom. The van der Waals surface area contributed by atoms with Crippen LogP contribution in [0.25, 0.3) is 0 Å². The van der Waals surface area contributed by atoms with Gasteiger partial charge in [-0.15, -0.1) is 0 Å². The first-order valence-corrected chi connectivity index (χ1v) is 6.14. The van der Waals surface area contributed by atoms with Gasteiger partial charge in [0, 0.05) is 6.54 Å². The van der Waals surface area contributed by atoms with Crippen molar-refractivity contribution >= 4 is 0 Å². The molecule has 1 aromatic rings. The maximum Gasteiger partial charge on any atom is 0.401 e. The molecule has 0 unspecified atom stereocenters. The van der Waals surface area contributed by atoms with E-state index in [0.29, 0.717) is 18.5 Å². The number of rotatable bonds is 5. The van der Waals surface area contributed by atoms with Gasteiger partial charge < -0.3 is 0 Å². The SMILES string of the molecule is CCCN(Cc1ccc(C#N)cc1C)CC(F)(F)F. The summed E-state index contributed by atoms with van der Waals surface area (Å²) < 4.78 is 37.4. The van der Waals surface area contributed by atoms with Crippen molar-refractivity contribution in [2.24, 2.45) is 0 Å². The van der Waals surface area contributed by atoms with Gasteiger partial charge in [0.15, 0.2) is 0 Å². The second-order valence-electron chi connectivity index (χ2n) is 4.58. The molecule has 0 bridgehead atoms. The van der Waals surface area contributed by atoms with Gasteiger partial charge in [0.2, 0.25) is 0 Å². The van der Waals surface area contributed by atoms with Crippen LogP contribution in [0.5, 0.6) is 0 Å². The number of aryl methyl sites for hydroxylation is 1. The molecule has 0 spiro atoms. The first-order chi connectivity index (χ1) is 8.85. The van der Waals surface area contributed by atoms with E-state index in [0.717, 1.165) is 11.1 Å². The lowest BCUT2D eigenvalue weighted by Crippen LogP contribution is -2.34. The molecule has 0 N–H and O–H groups in total. The van der Waals surface area contributed by atoms with Crippen LogP contribution in [-0.4, -0.2) is 24.2 Å². The third kappa shape index (κ3) is 5.31. The van der Waals surface area contributed by atoms with Gasteiger partial charge in [-0.3, -0.25) is 4.90 Å². The van der Waals surface area contributed by atoms with Crippen LogP contribution in [0.2, 0.25) is 0 Å². The highest BCUT2D eigenvalue weighted by Crippen LogP contribution is 2.20. The summed E-state index contributed by atoms with van der Waals surface area (Å²) >= 11 is 0. The monoisotopic (exact) mass is 270 g/mol. The maximum absolute atomic E-state index is 12.5. The third-order valence-corrected chi connectivity index (χ3v) is 2.81. The average molecular weight is 270 g/mol. The minimum Gasteiger partial charge on any atom is -0.291 e. The molecule has 0 heterocycles. The summed E-state index contributed by atoms with van der Waals surface area (Å²) in [6, 6.07) is 7.09. The summed E-state index contributed by atoms with van der Waals surface area (Å²) in [5, 5.41) is 8.76. The van der Waals surface area contributed by atoms with Crippen LogP contribution in [0.15, 0.2) is 18.2 Å². The molecule has 0 aliphatic heterocycles. The molecule has 0 saturated carbocycles. The fraction of sp³-hybridized carbons (Fsp3) is 0.500. The van der Waals surface area contributed by atoms with Gasteiger partial charge >= 0.3 is 6.18 Å². The van der Waals surface area contributed by atoms with Crippen LogP contribution in [-0.2, 0) is 6.54 Å². The van der Waals surface area contributed by atoms with E-state index in [2.05, 4.69) is 0 Å². The van der Waals surface area contributed by atoms with Gasteiger partial charge in [-0.25, -0.2) is 0 Å². The van der Waals surface area contributed by atoms with Gasteiger partial charge in [0.25, 0.3) is 0 Å². The summed E-state index contributed by atoms with van der Waals surface area (Å²) in [6.07, 6.45) is -3.51. The van der Waals surface area contributed by atoms with Crippen molar-refractivity contribution in [1.82, 2.24) is 4.90 Å². The predicted molar refractivity (Wildman–Crippen MR) is 67.5 cm³/mol. The lowest BCUT2D eigenvalue weighted by Gasteiger charge is -2.24. The van der Waals surface area contributed by atoms with Crippen molar-refractivity contribution in [2.45, 2.75) is 33.0 Å². The normalized spacial score (nSPS) is 11.6. The standard InChI is InChI=1S/C14H17F3N2/c1-3-6-19(10-14(15,16)17)9-13-5-4-12(8-18)7-11(13)2/h4-5,7H,3,6,9-10H2,1-2H3. The molecular formula is C14H17F3N2. The first kappa shape index (κ1) is 15.5. The van der Waals surface area contributed by atoms with Gasteiger partial charge in [0.05, 0.1) is 18.2 Å². The summed E-state index contributed by atoms with van der Waals surface area (Å²) in [7, 11) is 0. The number of halogens is 3. The fourth-order valence-corrected chi connectivity index (χ4v) is 1.97. The number of alkyl halides is 3. The summed E-state index contributed by atoms with van der Waals surface area (Å²) in [6.45, 7) is 3.42. The fourth-order valence-electron chi connectivity index (χ4n) is 1.97. The zero-order valence-electron chi connectivity index (χ0n) is 11.1. The number of hydrogen-bond donors (Lipinski definition) is 0. The zero-order chi connectivity index (χ0) is 14.5. The molecule has 0 atom stereocenters. The second kappa shape index (κ2) is 6.58. The first-order valence-electron chi connectivity index (χ1n) is 6.14. The van der Waals surface area contributed by atoms with Crippen LogP contribution in [0.3, 0.4) is 0 Å². The van der Waals surface area contributed by atoms with E-state index in [9.17, 15) is 13.2 Å². The lowest BCUT2D eigenvalue weighted by atomic mass is 10.1. The van der Waals surface area contributed by atoms with Crippen molar-refractivity contribution in [3.8, 4) is 6.07 Å². The molecule has 2 nitrogen and oxygen atoms in total. The minimum atomic E-state index is -4.18.